The highest BCUT2D eigenvalue weighted by Gasteiger charge is 2.19. The van der Waals surface area contributed by atoms with E-state index in [-0.39, 0.29) is 17.8 Å². The Morgan fingerprint density at radius 1 is 1.31 bits per heavy atom. The van der Waals surface area contributed by atoms with Gasteiger partial charge in [-0.2, -0.15) is 0 Å². The van der Waals surface area contributed by atoms with Gasteiger partial charge in [0.15, 0.2) is 4.34 Å². The van der Waals surface area contributed by atoms with Gasteiger partial charge in [-0.15, -0.1) is 11.3 Å². The van der Waals surface area contributed by atoms with Gasteiger partial charge >= 0.3 is 0 Å². The highest BCUT2D eigenvalue weighted by Crippen LogP contribution is 2.36. The van der Waals surface area contributed by atoms with Crippen molar-refractivity contribution >= 4 is 34.7 Å². The number of nitrogens with one attached hydrogen (secondary N) is 1. The Labute approximate surface area is 190 Å². The molecule has 162 valence electrons. The molecule has 32 heavy (non-hydrogen) atoms. The number of benzene rings is 2. The van der Waals surface area contributed by atoms with Crippen molar-refractivity contribution in [3.05, 3.63) is 93.3 Å². The SMILES string of the molecule is Cc1csc(Sc2ccc(C(=O)NCc3ccc(-n4ccnc4)c(F)c3)cc2[N+](=O)[O-])n1. The molecule has 0 bridgehead atoms. The van der Waals surface area contributed by atoms with E-state index in [9.17, 15) is 19.3 Å². The lowest BCUT2D eigenvalue weighted by Crippen LogP contribution is -2.23. The van der Waals surface area contributed by atoms with Crippen molar-refractivity contribution in [1.29, 1.82) is 0 Å². The molecular weight excluding hydrogens is 453 g/mol. The van der Waals surface area contributed by atoms with E-state index >= 15 is 0 Å². The highest BCUT2D eigenvalue weighted by molar-refractivity contribution is 8.01. The zero-order chi connectivity index (χ0) is 22.7. The summed E-state index contributed by atoms with van der Waals surface area (Å²) in [7, 11) is 0. The number of thiazole rings is 1. The fraction of sp³-hybridized carbons (Fsp3) is 0.0952. The summed E-state index contributed by atoms with van der Waals surface area (Å²) >= 11 is 2.58. The number of carbonyl (C=O) groups excluding carboxylic acids is 1. The van der Waals surface area contributed by atoms with Crippen LogP contribution in [0.15, 0.2) is 69.7 Å². The number of aryl methyl sites for hydroxylation is 1. The largest absolute Gasteiger partial charge is 0.348 e. The van der Waals surface area contributed by atoms with Crippen molar-refractivity contribution in [3.63, 3.8) is 0 Å². The number of nitrogens with zero attached hydrogens (tertiary/aromatic N) is 4. The van der Waals surface area contributed by atoms with Gasteiger partial charge in [0.2, 0.25) is 0 Å². The van der Waals surface area contributed by atoms with Crippen LogP contribution in [-0.4, -0.2) is 25.4 Å². The molecule has 2 aromatic heterocycles. The topological polar surface area (TPSA) is 103 Å². The minimum absolute atomic E-state index is 0.0721. The third-order valence-electron chi connectivity index (χ3n) is 4.46. The van der Waals surface area contributed by atoms with E-state index in [0.717, 1.165) is 5.69 Å². The fourth-order valence-corrected chi connectivity index (χ4v) is 4.80. The first-order valence-corrected chi connectivity index (χ1v) is 11.0. The van der Waals surface area contributed by atoms with Gasteiger partial charge in [0, 0.05) is 41.6 Å². The monoisotopic (exact) mass is 469 g/mol. The molecule has 1 N–H and O–H groups in total. The predicted octanol–water partition coefficient (Wildman–Crippen LogP) is 4.77. The Hall–Kier alpha value is -3.57. The number of hydrogen-bond donors (Lipinski definition) is 1. The molecule has 2 heterocycles. The molecule has 0 aliphatic rings. The van der Waals surface area contributed by atoms with E-state index in [4.69, 9.17) is 0 Å². The second-order valence-electron chi connectivity index (χ2n) is 6.73. The van der Waals surface area contributed by atoms with E-state index < -0.39 is 16.6 Å². The minimum Gasteiger partial charge on any atom is -0.348 e. The van der Waals surface area contributed by atoms with Crippen molar-refractivity contribution < 1.29 is 14.1 Å². The average molecular weight is 470 g/mol. The maximum Gasteiger partial charge on any atom is 0.284 e. The summed E-state index contributed by atoms with van der Waals surface area (Å²) in [4.78, 5) is 32.2. The molecule has 0 atom stereocenters. The summed E-state index contributed by atoms with van der Waals surface area (Å²) in [6, 6.07) is 8.91. The molecule has 1 amide bonds. The predicted molar refractivity (Wildman–Crippen MR) is 119 cm³/mol. The zero-order valence-corrected chi connectivity index (χ0v) is 18.3. The van der Waals surface area contributed by atoms with Crippen LogP contribution in [0, 0.1) is 22.9 Å². The van der Waals surface area contributed by atoms with E-state index in [1.165, 1.54) is 53.7 Å². The maximum atomic E-state index is 14.4. The van der Waals surface area contributed by atoms with Gasteiger partial charge in [-0.3, -0.25) is 14.9 Å². The van der Waals surface area contributed by atoms with Crippen molar-refractivity contribution in [2.24, 2.45) is 0 Å². The Bertz CT molecular complexity index is 1290. The molecule has 4 aromatic rings. The van der Waals surface area contributed by atoms with Crippen molar-refractivity contribution in [2.75, 3.05) is 0 Å². The van der Waals surface area contributed by atoms with E-state index in [1.807, 2.05) is 12.3 Å². The summed E-state index contributed by atoms with van der Waals surface area (Å²) in [6.45, 7) is 1.92. The standard InChI is InChI=1S/C21H16FN5O3S2/c1-13-11-31-21(25-13)32-19-5-3-15(9-18(19)27(29)30)20(28)24-10-14-2-4-17(16(22)8-14)26-7-6-23-12-26/h2-9,11-12H,10H2,1H3,(H,24,28). The van der Waals surface area contributed by atoms with Crippen LogP contribution >= 0.6 is 23.1 Å². The lowest BCUT2D eigenvalue weighted by Gasteiger charge is -2.09. The second-order valence-corrected chi connectivity index (χ2v) is 8.88. The smallest absolute Gasteiger partial charge is 0.284 e. The van der Waals surface area contributed by atoms with Crippen LogP contribution < -0.4 is 5.32 Å². The van der Waals surface area contributed by atoms with Crippen LogP contribution in [-0.2, 0) is 6.54 Å². The van der Waals surface area contributed by atoms with Crippen molar-refractivity contribution in [2.45, 2.75) is 22.7 Å². The Morgan fingerprint density at radius 3 is 2.81 bits per heavy atom. The highest BCUT2D eigenvalue weighted by atomic mass is 32.2. The molecule has 2 aromatic carbocycles. The molecule has 0 aliphatic heterocycles. The molecule has 0 aliphatic carbocycles. The Kier molecular flexibility index (Phi) is 6.28. The number of hydrogen-bond acceptors (Lipinski definition) is 7. The Balaban J connectivity index is 1.46. The van der Waals surface area contributed by atoms with Crippen LogP contribution in [0.4, 0.5) is 10.1 Å². The molecular formula is C21H16FN5O3S2. The van der Waals surface area contributed by atoms with Gasteiger partial charge in [-0.25, -0.2) is 14.4 Å². The molecule has 8 nitrogen and oxygen atoms in total. The molecule has 0 spiro atoms. The molecule has 0 radical (unpaired) electrons. The molecule has 0 fully saturated rings. The van der Waals surface area contributed by atoms with Crippen LogP contribution in [0.5, 0.6) is 0 Å². The van der Waals surface area contributed by atoms with Gasteiger partial charge in [0.25, 0.3) is 11.6 Å². The van der Waals surface area contributed by atoms with E-state index in [1.54, 1.807) is 29.1 Å². The van der Waals surface area contributed by atoms with Crippen LogP contribution in [0.25, 0.3) is 5.69 Å². The lowest BCUT2D eigenvalue weighted by molar-refractivity contribution is -0.387. The third kappa shape index (κ3) is 4.84. The summed E-state index contributed by atoms with van der Waals surface area (Å²) in [5, 5.41) is 16.1. The molecule has 4 rings (SSSR count). The first kappa shape index (κ1) is 21.7. The Morgan fingerprint density at radius 2 is 2.16 bits per heavy atom. The van der Waals surface area contributed by atoms with Crippen molar-refractivity contribution in [3.8, 4) is 5.69 Å². The van der Waals surface area contributed by atoms with Crippen LogP contribution in [0.3, 0.4) is 0 Å². The fourth-order valence-electron chi connectivity index (χ4n) is 2.92. The van der Waals surface area contributed by atoms with Gasteiger partial charge in [-0.05, 0) is 36.8 Å². The second kappa shape index (κ2) is 9.28. The molecule has 11 heteroatoms. The van der Waals surface area contributed by atoms with Gasteiger partial charge in [0.1, 0.15) is 5.82 Å². The summed E-state index contributed by atoms with van der Waals surface area (Å²) < 4.78 is 16.6. The number of carbonyl (C=O) groups is 1. The van der Waals surface area contributed by atoms with Crippen LogP contribution in [0.2, 0.25) is 0 Å². The maximum absolute atomic E-state index is 14.4. The molecule has 0 saturated carbocycles. The number of amides is 1. The molecule has 0 unspecified atom stereocenters. The van der Waals surface area contributed by atoms with Gasteiger partial charge in [-0.1, -0.05) is 17.8 Å². The van der Waals surface area contributed by atoms with E-state index in [2.05, 4.69) is 15.3 Å². The average Bonchev–Trinajstić information content (AvgIpc) is 3.44. The lowest BCUT2D eigenvalue weighted by atomic mass is 10.1. The third-order valence-corrected chi connectivity index (χ3v) is 6.58. The summed E-state index contributed by atoms with van der Waals surface area (Å²) in [5.41, 5.74) is 1.71. The summed E-state index contributed by atoms with van der Waals surface area (Å²) in [5.74, 6) is -0.946. The number of nitro benzene ring substituents is 1. The van der Waals surface area contributed by atoms with E-state index in [0.29, 0.717) is 20.5 Å². The van der Waals surface area contributed by atoms with Gasteiger partial charge in [0.05, 0.1) is 21.8 Å². The zero-order valence-electron chi connectivity index (χ0n) is 16.7. The number of aromatic nitrogens is 3. The number of rotatable bonds is 7. The first-order valence-electron chi connectivity index (χ1n) is 9.34. The summed E-state index contributed by atoms with van der Waals surface area (Å²) in [6.07, 6.45) is 4.67. The first-order chi connectivity index (χ1) is 15.4. The number of imidazole rings is 1. The number of nitro groups is 1. The van der Waals surface area contributed by atoms with Gasteiger partial charge < -0.3 is 9.88 Å². The van der Waals surface area contributed by atoms with Crippen molar-refractivity contribution in [1.82, 2.24) is 19.9 Å². The van der Waals surface area contributed by atoms with Crippen LogP contribution in [0.1, 0.15) is 21.6 Å². The number of halogens is 1. The quantitative estimate of drug-likeness (QED) is 0.309. The molecule has 0 saturated heterocycles. The normalized spacial score (nSPS) is 10.8. The minimum atomic E-state index is -0.524.